The molecule has 4 rings (SSSR count). The van der Waals surface area contributed by atoms with Crippen LogP contribution in [-0.4, -0.2) is 42.8 Å². The number of hydrogen-bond acceptors (Lipinski definition) is 6. The smallest absolute Gasteiger partial charge is 0.222 e. The van der Waals surface area contributed by atoms with Gasteiger partial charge >= 0.3 is 0 Å². The summed E-state index contributed by atoms with van der Waals surface area (Å²) in [5, 5.41) is 11.7. The molecule has 1 aromatic carbocycles. The van der Waals surface area contributed by atoms with Crippen LogP contribution in [0, 0.1) is 5.82 Å². The van der Waals surface area contributed by atoms with Gasteiger partial charge in [-0.05, 0) is 18.2 Å². The highest BCUT2D eigenvalue weighted by atomic mass is 19.1. The van der Waals surface area contributed by atoms with Crippen LogP contribution in [0.2, 0.25) is 0 Å². The summed E-state index contributed by atoms with van der Waals surface area (Å²) in [6.07, 6.45) is 6.51. The first-order valence-corrected chi connectivity index (χ1v) is 8.02. The molecule has 4 aromatic rings. The Morgan fingerprint density at radius 1 is 1.08 bits per heavy atom. The Morgan fingerprint density at radius 3 is 2.65 bits per heavy atom. The van der Waals surface area contributed by atoms with Crippen LogP contribution in [0.1, 0.15) is 0 Å². The van der Waals surface area contributed by atoms with E-state index in [1.807, 2.05) is 0 Å². The van der Waals surface area contributed by atoms with Gasteiger partial charge in [-0.15, -0.1) is 0 Å². The molecule has 0 saturated heterocycles. The van der Waals surface area contributed by atoms with Crippen LogP contribution in [0.15, 0.2) is 55.1 Å². The van der Waals surface area contributed by atoms with Crippen molar-refractivity contribution < 1.29 is 9.50 Å². The average Bonchev–Trinajstić information content (AvgIpc) is 3.06. The number of imidazole rings is 1. The molecule has 3 aromatic heterocycles. The number of aliphatic hydroxyl groups excluding tert-OH is 1. The van der Waals surface area contributed by atoms with E-state index in [1.54, 1.807) is 53.6 Å². The van der Waals surface area contributed by atoms with Gasteiger partial charge in [0, 0.05) is 25.1 Å². The lowest BCUT2D eigenvalue weighted by atomic mass is 10.2. The van der Waals surface area contributed by atoms with Crippen molar-refractivity contribution in [3.63, 3.8) is 0 Å². The van der Waals surface area contributed by atoms with Crippen molar-refractivity contribution >= 4 is 17.0 Å². The van der Waals surface area contributed by atoms with Crippen molar-refractivity contribution in [2.24, 2.45) is 0 Å². The first-order chi connectivity index (χ1) is 12.8. The number of benzene rings is 1. The lowest BCUT2D eigenvalue weighted by Gasteiger charge is -2.10. The van der Waals surface area contributed by atoms with Crippen molar-refractivity contribution in [2.75, 3.05) is 18.5 Å². The fourth-order valence-electron chi connectivity index (χ4n) is 2.70. The average molecular weight is 350 g/mol. The summed E-state index contributed by atoms with van der Waals surface area (Å²) in [6, 6.07) is 8.27. The molecular formula is C18H15FN6O. The minimum absolute atomic E-state index is 0.0127. The Kier molecular flexibility index (Phi) is 4.24. The molecular weight excluding hydrogens is 335 g/mol. The Labute approximate surface area is 148 Å². The van der Waals surface area contributed by atoms with Crippen molar-refractivity contribution in [1.82, 2.24) is 24.5 Å². The Bertz CT molecular complexity index is 1050. The van der Waals surface area contributed by atoms with Gasteiger partial charge in [-0.25, -0.2) is 19.3 Å². The lowest BCUT2D eigenvalue weighted by Crippen LogP contribution is -2.08. The molecule has 0 spiro atoms. The van der Waals surface area contributed by atoms with Gasteiger partial charge in [-0.1, -0.05) is 12.1 Å². The molecule has 0 aliphatic heterocycles. The predicted octanol–water partition coefficient (Wildman–Crippen LogP) is 2.42. The highest BCUT2D eigenvalue weighted by Gasteiger charge is 2.17. The second-order valence-corrected chi connectivity index (χ2v) is 5.53. The lowest BCUT2D eigenvalue weighted by molar-refractivity contribution is 0.311. The highest BCUT2D eigenvalue weighted by molar-refractivity contribution is 5.82. The molecule has 0 radical (unpaired) electrons. The van der Waals surface area contributed by atoms with Crippen molar-refractivity contribution in [1.29, 1.82) is 0 Å². The molecule has 0 saturated carbocycles. The zero-order valence-corrected chi connectivity index (χ0v) is 13.7. The first kappa shape index (κ1) is 16.1. The van der Waals surface area contributed by atoms with Gasteiger partial charge < -0.3 is 10.4 Å². The topological polar surface area (TPSA) is 88.8 Å². The summed E-state index contributed by atoms with van der Waals surface area (Å²) in [5.74, 6) is 0.559. The maximum Gasteiger partial charge on any atom is 0.222 e. The molecule has 130 valence electrons. The van der Waals surface area contributed by atoms with Gasteiger partial charge in [-0.2, -0.15) is 0 Å². The Hall–Kier alpha value is -3.39. The summed E-state index contributed by atoms with van der Waals surface area (Å²) < 4.78 is 16.2. The van der Waals surface area contributed by atoms with Crippen molar-refractivity contribution in [3.8, 4) is 17.1 Å². The molecule has 0 unspecified atom stereocenters. The molecule has 0 aliphatic rings. The minimum Gasteiger partial charge on any atom is -0.395 e. The monoisotopic (exact) mass is 350 g/mol. The van der Waals surface area contributed by atoms with Gasteiger partial charge in [-0.3, -0.25) is 9.55 Å². The fraction of sp³-hybridized carbons (Fsp3) is 0.111. The third-order valence-electron chi connectivity index (χ3n) is 3.86. The van der Waals surface area contributed by atoms with Gasteiger partial charge in [0.15, 0.2) is 0 Å². The zero-order chi connectivity index (χ0) is 17.9. The van der Waals surface area contributed by atoms with Gasteiger partial charge in [0.1, 0.15) is 11.6 Å². The third-order valence-corrected chi connectivity index (χ3v) is 3.86. The van der Waals surface area contributed by atoms with Crippen LogP contribution in [0.25, 0.3) is 28.1 Å². The number of halogens is 1. The molecule has 0 amide bonds. The van der Waals surface area contributed by atoms with E-state index in [9.17, 15) is 4.39 Å². The van der Waals surface area contributed by atoms with E-state index in [0.717, 1.165) is 0 Å². The molecule has 8 heteroatoms. The van der Waals surface area contributed by atoms with E-state index in [4.69, 9.17) is 5.11 Å². The first-order valence-electron chi connectivity index (χ1n) is 8.02. The van der Waals surface area contributed by atoms with Crippen LogP contribution < -0.4 is 5.32 Å². The SMILES string of the molecule is OCCNc1ncc(-c2nc3ccncc3n2-c2ccccc2F)cn1. The molecule has 26 heavy (non-hydrogen) atoms. The molecule has 0 bridgehead atoms. The third kappa shape index (κ3) is 2.86. The van der Waals surface area contributed by atoms with E-state index in [1.165, 1.54) is 6.07 Å². The molecule has 2 N–H and O–H groups in total. The molecule has 0 fully saturated rings. The number of anilines is 1. The molecule has 0 atom stereocenters. The minimum atomic E-state index is -0.362. The van der Waals surface area contributed by atoms with Gasteiger partial charge in [0.25, 0.3) is 0 Å². The fourth-order valence-corrected chi connectivity index (χ4v) is 2.70. The van der Waals surface area contributed by atoms with Gasteiger partial charge in [0.2, 0.25) is 5.95 Å². The number of pyridine rings is 1. The maximum atomic E-state index is 14.4. The Morgan fingerprint density at radius 2 is 1.88 bits per heavy atom. The zero-order valence-electron chi connectivity index (χ0n) is 13.7. The molecule has 3 heterocycles. The van der Waals surface area contributed by atoms with Crippen LogP contribution in [0.3, 0.4) is 0 Å². The van der Waals surface area contributed by atoms with Crippen LogP contribution >= 0.6 is 0 Å². The second kappa shape index (κ2) is 6.85. The number of aromatic nitrogens is 5. The summed E-state index contributed by atoms with van der Waals surface area (Å²) >= 11 is 0. The number of nitrogens with zero attached hydrogens (tertiary/aromatic N) is 5. The Balaban J connectivity index is 1.87. The molecule has 0 aliphatic carbocycles. The van der Waals surface area contributed by atoms with Gasteiger partial charge in [0.05, 0.1) is 35.1 Å². The number of nitrogens with one attached hydrogen (secondary N) is 1. The standard InChI is InChI=1S/C18H15FN6O/c19-13-3-1-2-4-15(13)25-16-11-20-6-5-14(16)24-17(25)12-9-22-18(23-10-12)21-7-8-26/h1-6,9-11,26H,7-8H2,(H,21,22,23). The summed E-state index contributed by atoms with van der Waals surface area (Å²) in [4.78, 5) is 17.2. The summed E-state index contributed by atoms with van der Waals surface area (Å²) in [7, 11) is 0. The molecule has 7 nitrogen and oxygen atoms in total. The quantitative estimate of drug-likeness (QED) is 0.575. The van der Waals surface area contributed by atoms with Crippen LogP contribution in [0.5, 0.6) is 0 Å². The number of hydrogen-bond donors (Lipinski definition) is 2. The predicted molar refractivity (Wildman–Crippen MR) is 95.4 cm³/mol. The second-order valence-electron chi connectivity index (χ2n) is 5.53. The van der Waals surface area contributed by atoms with Crippen LogP contribution in [-0.2, 0) is 0 Å². The summed E-state index contributed by atoms with van der Waals surface area (Å²) in [6.45, 7) is 0.347. The van der Waals surface area contributed by atoms with E-state index < -0.39 is 0 Å². The number of fused-ring (bicyclic) bond motifs is 1. The van der Waals surface area contributed by atoms with E-state index >= 15 is 0 Å². The highest BCUT2D eigenvalue weighted by Crippen LogP contribution is 2.28. The van der Waals surface area contributed by atoms with E-state index in [2.05, 4.69) is 25.3 Å². The van der Waals surface area contributed by atoms with Crippen molar-refractivity contribution in [2.45, 2.75) is 0 Å². The largest absolute Gasteiger partial charge is 0.395 e. The maximum absolute atomic E-state index is 14.4. The normalized spacial score (nSPS) is 11.0. The van der Waals surface area contributed by atoms with Crippen LogP contribution in [0.4, 0.5) is 10.3 Å². The number of aliphatic hydroxyl groups is 1. The van der Waals surface area contributed by atoms with E-state index in [-0.39, 0.29) is 12.4 Å². The van der Waals surface area contributed by atoms with Crippen molar-refractivity contribution in [3.05, 3.63) is 60.9 Å². The number of rotatable bonds is 5. The number of para-hydroxylation sites is 1. The van der Waals surface area contributed by atoms with E-state index in [0.29, 0.717) is 40.6 Å². The summed E-state index contributed by atoms with van der Waals surface area (Å²) in [5.41, 5.74) is 2.40.